The second-order valence-electron chi connectivity index (χ2n) is 6.06. The Hall–Kier alpha value is -0.0800. The van der Waals surface area contributed by atoms with E-state index < -0.39 is 0 Å². The van der Waals surface area contributed by atoms with Crippen LogP contribution in [-0.4, -0.2) is 37.1 Å². The zero-order valence-electron chi connectivity index (χ0n) is 13.0. The summed E-state index contributed by atoms with van der Waals surface area (Å²) in [7, 11) is 2.34. The van der Waals surface area contributed by atoms with Crippen molar-refractivity contribution in [3.05, 3.63) is 0 Å². The van der Waals surface area contributed by atoms with Crippen LogP contribution in [0.4, 0.5) is 0 Å². The van der Waals surface area contributed by atoms with E-state index in [2.05, 4.69) is 38.0 Å². The largest absolute Gasteiger partial charge is 0.312 e. The summed E-state index contributed by atoms with van der Waals surface area (Å²) in [4.78, 5) is 2.63. The fraction of sp³-hybridized carbons (Fsp3) is 1.00. The second kappa shape index (κ2) is 8.92. The normalized spacial score (nSPS) is 19.8. The van der Waals surface area contributed by atoms with Gasteiger partial charge in [-0.15, -0.1) is 0 Å². The zero-order valence-corrected chi connectivity index (χ0v) is 13.0. The molecule has 1 saturated carbocycles. The maximum absolute atomic E-state index is 3.77. The van der Waals surface area contributed by atoms with E-state index in [-0.39, 0.29) is 0 Å². The highest BCUT2D eigenvalue weighted by Gasteiger charge is 2.26. The molecule has 1 aliphatic rings. The standard InChI is InChI=1S/C16H34N2/c1-5-9-15(17-12-6-2)16(7-3)18(4)13-14-10-8-11-14/h14-17H,5-13H2,1-4H3. The fourth-order valence-corrected chi connectivity index (χ4v) is 3.19. The average Bonchev–Trinajstić information content (AvgIpc) is 2.31. The first kappa shape index (κ1) is 16.0. The predicted molar refractivity (Wildman–Crippen MR) is 81.0 cm³/mol. The lowest BCUT2D eigenvalue weighted by molar-refractivity contribution is 0.128. The molecule has 1 N–H and O–H groups in total. The summed E-state index contributed by atoms with van der Waals surface area (Å²) in [5.41, 5.74) is 0. The first-order valence-electron chi connectivity index (χ1n) is 8.16. The van der Waals surface area contributed by atoms with Gasteiger partial charge >= 0.3 is 0 Å². The van der Waals surface area contributed by atoms with Crippen LogP contribution >= 0.6 is 0 Å². The molecule has 1 fully saturated rings. The van der Waals surface area contributed by atoms with Gasteiger partial charge in [-0.1, -0.05) is 33.6 Å². The van der Waals surface area contributed by atoms with Crippen LogP contribution < -0.4 is 5.32 Å². The third-order valence-electron chi connectivity index (χ3n) is 4.48. The molecule has 1 rings (SSSR count). The van der Waals surface area contributed by atoms with Crippen molar-refractivity contribution >= 4 is 0 Å². The molecule has 0 heterocycles. The van der Waals surface area contributed by atoms with E-state index in [1.54, 1.807) is 0 Å². The lowest BCUT2D eigenvalue weighted by atomic mass is 9.84. The first-order chi connectivity index (χ1) is 8.72. The molecule has 0 aromatic carbocycles. The zero-order chi connectivity index (χ0) is 13.4. The average molecular weight is 254 g/mol. The van der Waals surface area contributed by atoms with E-state index >= 15 is 0 Å². The molecule has 2 atom stereocenters. The molecule has 0 aromatic heterocycles. The van der Waals surface area contributed by atoms with Crippen molar-refractivity contribution in [3.8, 4) is 0 Å². The van der Waals surface area contributed by atoms with Crippen LogP contribution in [-0.2, 0) is 0 Å². The minimum Gasteiger partial charge on any atom is -0.312 e. The first-order valence-corrected chi connectivity index (χ1v) is 8.16. The van der Waals surface area contributed by atoms with Crippen molar-refractivity contribution in [2.24, 2.45) is 5.92 Å². The Bertz CT molecular complexity index is 201. The third kappa shape index (κ3) is 4.89. The van der Waals surface area contributed by atoms with Gasteiger partial charge in [0.1, 0.15) is 0 Å². The minimum absolute atomic E-state index is 0.685. The summed E-state index contributed by atoms with van der Waals surface area (Å²) in [6.45, 7) is 9.39. The molecule has 0 amide bonds. The van der Waals surface area contributed by atoms with E-state index in [4.69, 9.17) is 0 Å². The van der Waals surface area contributed by atoms with Gasteiger partial charge in [-0.2, -0.15) is 0 Å². The molecule has 2 heteroatoms. The summed E-state index contributed by atoms with van der Waals surface area (Å²) in [5.74, 6) is 0.984. The van der Waals surface area contributed by atoms with Gasteiger partial charge in [0, 0.05) is 18.6 Å². The molecule has 0 aliphatic heterocycles. The Morgan fingerprint density at radius 2 is 1.89 bits per heavy atom. The van der Waals surface area contributed by atoms with Gasteiger partial charge in [-0.05, 0) is 51.6 Å². The molecule has 0 spiro atoms. The van der Waals surface area contributed by atoms with Crippen LogP contribution in [0.2, 0.25) is 0 Å². The van der Waals surface area contributed by atoms with E-state index in [9.17, 15) is 0 Å². The van der Waals surface area contributed by atoms with E-state index in [0.717, 1.165) is 12.0 Å². The van der Waals surface area contributed by atoms with Crippen molar-refractivity contribution in [2.75, 3.05) is 20.1 Å². The van der Waals surface area contributed by atoms with Gasteiger partial charge in [0.2, 0.25) is 0 Å². The highest BCUT2D eigenvalue weighted by atomic mass is 15.2. The number of hydrogen-bond acceptors (Lipinski definition) is 2. The molecular formula is C16H34N2. The minimum atomic E-state index is 0.685. The van der Waals surface area contributed by atoms with Crippen LogP contribution in [0.25, 0.3) is 0 Å². The molecule has 0 radical (unpaired) electrons. The molecule has 0 aromatic rings. The van der Waals surface area contributed by atoms with Crippen LogP contribution in [0.15, 0.2) is 0 Å². The fourth-order valence-electron chi connectivity index (χ4n) is 3.19. The summed E-state index contributed by atoms with van der Waals surface area (Å²) in [6, 6.07) is 1.40. The van der Waals surface area contributed by atoms with Crippen molar-refractivity contribution in [2.45, 2.75) is 77.8 Å². The van der Waals surface area contributed by atoms with Gasteiger partial charge in [0.15, 0.2) is 0 Å². The second-order valence-corrected chi connectivity index (χ2v) is 6.06. The number of hydrogen-bond donors (Lipinski definition) is 1. The molecule has 2 nitrogen and oxygen atoms in total. The topological polar surface area (TPSA) is 15.3 Å². The quantitative estimate of drug-likeness (QED) is 0.640. The Balaban J connectivity index is 2.45. The number of rotatable bonds is 10. The van der Waals surface area contributed by atoms with Crippen LogP contribution in [0.3, 0.4) is 0 Å². The maximum Gasteiger partial charge on any atom is 0.0243 e. The van der Waals surface area contributed by atoms with Crippen LogP contribution in [0, 0.1) is 5.92 Å². The van der Waals surface area contributed by atoms with Gasteiger partial charge in [0.05, 0.1) is 0 Å². The summed E-state index contributed by atoms with van der Waals surface area (Å²) in [5, 5.41) is 3.77. The third-order valence-corrected chi connectivity index (χ3v) is 4.48. The number of nitrogens with one attached hydrogen (secondary N) is 1. The molecule has 18 heavy (non-hydrogen) atoms. The van der Waals surface area contributed by atoms with Crippen molar-refractivity contribution in [3.63, 3.8) is 0 Å². The van der Waals surface area contributed by atoms with E-state index in [1.807, 2.05) is 0 Å². The summed E-state index contributed by atoms with van der Waals surface area (Å²) >= 11 is 0. The van der Waals surface area contributed by atoms with Crippen molar-refractivity contribution in [1.29, 1.82) is 0 Å². The Morgan fingerprint density at radius 3 is 2.33 bits per heavy atom. The molecule has 108 valence electrons. The monoisotopic (exact) mass is 254 g/mol. The Kier molecular flexibility index (Phi) is 7.92. The molecular weight excluding hydrogens is 220 g/mol. The van der Waals surface area contributed by atoms with Gasteiger partial charge in [0.25, 0.3) is 0 Å². The number of likely N-dealkylation sites (N-methyl/N-ethyl adjacent to an activating group) is 1. The molecule has 0 saturated heterocycles. The van der Waals surface area contributed by atoms with Crippen LogP contribution in [0.1, 0.15) is 65.7 Å². The summed E-state index contributed by atoms with van der Waals surface area (Å²) in [6.07, 6.45) is 9.49. The van der Waals surface area contributed by atoms with Crippen molar-refractivity contribution in [1.82, 2.24) is 10.2 Å². The van der Waals surface area contributed by atoms with Gasteiger partial charge < -0.3 is 10.2 Å². The lowest BCUT2D eigenvalue weighted by Crippen LogP contribution is -2.50. The molecule has 0 bridgehead atoms. The summed E-state index contributed by atoms with van der Waals surface area (Å²) < 4.78 is 0. The van der Waals surface area contributed by atoms with Gasteiger partial charge in [-0.3, -0.25) is 0 Å². The highest BCUT2D eigenvalue weighted by molar-refractivity contribution is 4.84. The van der Waals surface area contributed by atoms with E-state index in [0.29, 0.717) is 6.04 Å². The molecule has 2 unspecified atom stereocenters. The maximum atomic E-state index is 3.77. The van der Waals surface area contributed by atoms with Crippen molar-refractivity contribution < 1.29 is 0 Å². The Labute approximate surface area is 115 Å². The Morgan fingerprint density at radius 1 is 1.17 bits per heavy atom. The SMILES string of the molecule is CCCNC(CCC)C(CC)N(C)CC1CCC1. The molecule has 1 aliphatic carbocycles. The highest BCUT2D eigenvalue weighted by Crippen LogP contribution is 2.28. The van der Waals surface area contributed by atoms with Gasteiger partial charge in [-0.25, -0.2) is 0 Å². The van der Waals surface area contributed by atoms with Crippen LogP contribution in [0.5, 0.6) is 0 Å². The lowest BCUT2D eigenvalue weighted by Gasteiger charge is -2.38. The smallest absolute Gasteiger partial charge is 0.0243 e. The van der Waals surface area contributed by atoms with E-state index in [1.165, 1.54) is 58.0 Å². The number of nitrogens with zero attached hydrogens (tertiary/aromatic N) is 1. The predicted octanol–water partition coefficient (Wildman–Crippen LogP) is 3.67.